The van der Waals surface area contributed by atoms with Crippen LogP contribution in [0.25, 0.3) is 0 Å². The number of carbonyl (C=O) groups excluding carboxylic acids is 1. The summed E-state index contributed by atoms with van der Waals surface area (Å²) in [6, 6.07) is 6.13. The SMILES string of the molecule is Cc1ccc(S(=O)(=O)NC(C(=O)NCc2sccc2C)C(C)C)cc1C. The van der Waals surface area contributed by atoms with Gasteiger partial charge < -0.3 is 5.32 Å². The summed E-state index contributed by atoms with van der Waals surface area (Å²) < 4.78 is 28.0. The van der Waals surface area contributed by atoms with Crippen molar-refractivity contribution >= 4 is 27.3 Å². The molecular weight excluding hydrogens is 368 g/mol. The first kappa shape index (κ1) is 20.6. The maximum atomic E-state index is 12.7. The normalized spacial score (nSPS) is 13.0. The number of hydrogen-bond donors (Lipinski definition) is 2. The maximum Gasteiger partial charge on any atom is 0.241 e. The minimum absolute atomic E-state index is 0.174. The number of amides is 1. The largest absolute Gasteiger partial charge is 0.350 e. The van der Waals surface area contributed by atoms with Gasteiger partial charge in [0.05, 0.1) is 11.4 Å². The Morgan fingerprint density at radius 1 is 1.08 bits per heavy atom. The fourth-order valence-electron chi connectivity index (χ4n) is 2.47. The van der Waals surface area contributed by atoms with Crippen LogP contribution in [0.2, 0.25) is 0 Å². The molecule has 2 aromatic rings. The predicted molar refractivity (Wildman–Crippen MR) is 106 cm³/mol. The number of sulfonamides is 1. The summed E-state index contributed by atoms with van der Waals surface area (Å²) in [7, 11) is -3.78. The summed E-state index contributed by atoms with van der Waals surface area (Å²) in [5.41, 5.74) is 3.03. The molecule has 142 valence electrons. The monoisotopic (exact) mass is 394 g/mol. The Bertz CT molecular complexity index is 886. The van der Waals surface area contributed by atoms with Gasteiger partial charge in [0.2, 0.25) is 15.9 Å². The first-order valence-electron chi connectivity index (χ1n) is 8.52. The van der Waals surface area contributed by atoms with Gasteiger partial charge in [0, 0.05) is 4.88 Å². The molecule has 0 aliphatic heterocycles. The zero-order chi connectivity index (χ0) is 19.5. The molecule has 0 radical (unpaired) electrons. The number of benzene rings is 1. The second kappa shape index (κ2) is 8.33. The Morgan fingerprint density at radius 2 is 1.77 bits per heavy atom. The lowest BCUT2D eigenvalue weighted by atomic mass is 10.1. The van der Waals surface area contributed by atoms with E-state index in [1.165, 1.54) is 0 Å². The Hall–Kier alpha value is -1.70. The van der Waals surface area contributed by atoms with Gasteiger partial charge in [0.15, 0.2) is 0 Å². The molecule has 1 amide bonds. The highest BCUT2D eigenvalue weighted by molar-refractivity contribution is 7.89. The molecule has 5 nitrogen and oxygen atoms in total. The molecule has 2 rings (SSSR count). The second-order valence-electron chi connectivity index (χ2n) is 6.83. The van der Waals surface area contributed by atoms with Crippen molar-refractivity contribution in [2.45, 2.75) is 52.1 Å². The summed E-state index contributed by atoms with van der Waals surface area (Å²) in [4.78, 5) is 13.8. The molecule has 0 bridgehead atoms. The highest BCUT2D eigenvalue weighted by Crippen LogP contribution is 2.17. The molecule has 0 saturated carbocycles. The minimum Gasteiger partial charge on any atom is -0.350 e. The van der Waals surface area contributed by atoms with E-state index < -0.39 is 16.1 Å². The standard InChI is InChI=1S/C19H26N2O3S2/c1-12(2)18(19(22)20-11-17-14(4)8-9-25-17)21-26(23,24)16-7-6-13(3)15(5)10-16/h6-10,12,18,21H,11H2,1-5H3,(H,20,22). The Balaban J connectivity index is 2.14. The van der Waals surface area contributed by atoms with E-state index in [0.29, 0.717) is 6.54 Å². The third-order valence-electron chi connectivity index (χ3n) is 4.41. The molecule has 1 atom stereocenters. The van der Waals surface area contributed by atoms with Crippen LogP contribution >= 0.6 is 11.3 Å². The highest BCUT2D eigenvalue weighted by Gasteiger charge is 2.28. The molecule has 26 heavy (non-hydrogen) atoms. The lowest BCUT2D eigenvalue weighted by molar-refractivity contribution is -0.123. The van der Waals surface area contributed by atoms with Crippen LogP contribution in [-0.2, 0) is 21.4 Å². The van der Waals surface area contributed by atoms with Gasteiger partial charge in [0.25, 0.3) is 0 Å². The lowest BCUT2D eigenvalue weighted by Crippen LogP contribution is -2.49. The quantitative estimate of drug-likeness (QED) is 0.757. The van der Waals surface area contributed by atoms with Gasteiger partial charge in [0.1, 0.15) is 6.04 Å². The molecule has 2 N–H and O–H groups in total. The van der Waals surface area contributed by atoms with E-state index in [0.717, 1.165) is 21.6 Å². The van der Waals surface area contributed by atoms with Crippen molar-refractivity contribution in [1.29, 1.82) is 0 Å². The molecular formula is C19H26N2O3S2. The van der Waals surface area contributed by atoms with Crippen molar-refractivity contribution in [3.05, 3.63) is 51.2 Å². The van der Waals surface area contributed by atoms with E-state index in [1.54, 1.807) is 29.5 Å². The molecule has 1 heterocycles. The van der Waals surface area contributed by atoms with Gasteiger partial charge in [-0.2, -0.15) is 4.72 Å². The van der Waals surface area contributed by atoms with Crippen molar-refractivity contribution in [3.8, 4) is 0 Å². The molecule has 1 aromatic heterocycles. The van der Waals surface area contributed by atoms with Crippen LogP contribution in [0.5, 0.6) is 0 Å². The van der Waals surface area contributed by atoms with Gasteiger partial charge >= 0.3 is 0 Å². The van der Waals surface area contributed by atoms with E-state index in [9.17, 15) is 13.2 Å². The summed E-state index contributed by atoms with van der Waals surface area (Å²) in [6.45, 7) is 9.82. The van der Waals surface area contributed by atoms with Crippen LogP contribution in [0.4, 0.5) is 0 Å². The van der Waals surface area contributed by atoms with Gasteiger partial charge in [-0.05, 0) is 67.0 Å². The van der Waals surface area contributed by atoms with Crippen molar-refractivity contribution in [3.63, 3.8) is 0 Å². The van der Waals surface area contributed by atoms with Crippen LogP contribution in [0.1, 0.15) is 35.4 Å². The molecule has 0 fully saturated rings. The lowest BCUT2D eigenvalue weighted by Gasteiger charge is -2.22. The van der Waals surface area contributed by atoms with Crippen molar-refractivity contribution < 1.29 is 13.2 Å². The van der Waals surface area contributed by atoms with Crippen LogP contribution < -0.4 is 10.0 Å². The Labute approximate surface area is 159 Å². The van der Waals surface area contributed by atoms with Gasteiger partial charge in [-0.1, -0.05) is 19.9 Å². The zero-order valence-electron chi connectivity index (χ0n) is 15.8. The van der Waals surface area contributed by atoms with E-state index in [4.69, 9.17) is 0 Å². The maximum absolute atomic E-state index is 12.7. The highest BCUT2D eigenvalue weighted by atomic mass is 32.2. The number of carbonyl (C=O) groups is 1. The fraction of sp³-hybridized carbons (Fsp3) is 0.421. The third-order valence-corrected chi connectivity index (χ3v) is 6.87. The zero-order valence-corrected chi connectivity index (χ0v) is 17.4. The van der Waals surface area contributed by atoms with Crippen molar-refractivity contribution in [2.24, 2.45) is 5.92 Å². The summed E-state index contributed by atoms with van der Waals surface area (Å²) in [6.07, 6.45) is 0. The molecule has 1 aromatic carbocycles. The first-order valence-corrected chi connectivity index (χ1v) is 10.9. The van der Waals surface area contributed by atoms with E-state index >= 15 is 0 Å². The smallest absolute Gasteiger partial charge is 0.241 e. The van der Waals surface area contributed by atoms with E-state index in [2.05, 4.69) is 10.0 Å². The number of rotatable bonds is 7. The first-order chi connectivity index (χ1) is 12.1. The van der Waals surface area contributed by atoms with Crippen LogP contribution in [0, 0.1) is 26.7 Å². The summed E-state index contributed by atoms with van der Waals surface area (Å²) in [5, 5.41) is 4.82. The van der Waals surface area contributed by atoms with Crippen LogP contribution in [0.15, 0.2) is 34.5 Å². The number of aryl methyl sites for hydroxylation is 3. The average molecular weight is 395 g/mol. The number of hydrogen-bond acceptors (Lipinski definition) is 4. The predicted octanol–water partition coefficient (Wildman–Crippen LogP) is 3.29. The molecule has 0 spiro atoms. The van der Waals surface area contributed by atoms with Crippen LogP contribution in [0.3, 0.4) is 0 Å². The van der Waals surface area contributed by atoms with Crippen LogP contribution in [-0.4, -0.2) is 20.4 Å². The number of thiophene rings is 1. The Kier molecular flexibility index (Phi) is 6.60. The average Bonchev–Trinajstić information content (AvgIpc) is 2.97. The van der Waals surface area contributed by atoms with Crippen molar-refractivity contribution in [2.75, 3.05) is 0 Å². The second-order valence-corrected chi connectivity index (χ2v) is 9.55. The van der Waals surface area contributed by atoms with E-state index in [1.807, 2.05) is 46.1 Å². The van der Waals surface area contributed by atoms with Gasteiger partial charge in [-0.15, -0.1) is 11.3 Å². The topological polar surface area (TPSA) is 75.3 Å². The molecule has 0 aliphatic rings. The van der Waals surface area contributed by atoms with Gasteiger partial charge in [-0.3, -0.25) is 4.79 Å². The van der Waals surface area contributed by atoms with E-state index in [-0.39, 0.29) is 16.7 Å². The summed E-state index contributed by atoms with van der Waals surface area (Å²) >= 11 is 1.57. The van der Waals surface area contributed by atoms with Gasteiger partial charge in [-0.25, -0.2) is 8.42 Å². The molecule has 0 saturated heterocycles. The van der Waals surface area contributed by atoms with Crippen molar-refractivity contribution in [1.82, 2.24) is 10.0 Å². The summed E-state index contributed by atoms with van der Waals surface area (Å²) in [5.74, 6) is -0.499. The molecule has 1 unspecified atom stereocenters. The molecule has 7 heteroatoms. The third kappa shape index (κ3) is 4.93. The molecule has 0 aliphatic carbocycles. The Morgan fingerprint density at radius 3 is 2.31 bits per heavy atom. The fourth-order valence-corrected chi connectivity index (χ4v) is 4.75. The number of nitrogens with one attached hydrogen (secondary N) is 2. The minimum atomic E-state index is -3.78.